The van der Waals surface area contributed by atoms with E-state index in [0.29, 0.717) is 17.0 Å². The number of pyridine rings is 1. The summed E-state index contributed by atoms with van der Waals surface area (Å²) in [6, 6.07) is 7.80. The van der Waals surface area contributed by atoms with E-state index in [1.54, 1.807) is 31.2 Å². The van der Waals surface area contributed by atoms with Gasteiger partial charge in [-0.25, -0.2) is 9.67 Å². The molecule has 4 nitrogen and oxygen atoms in total. The Morgan fingerprint density at radius 3 is 2.48 bits per heavy atom. The molecule has 25 heavy (non-hydrogen) atoms. The Morgan fingerprint density at radius 2 is 1.88 bits per heavy atom. The molecular weight excluding hydrogens is 331 g/mol. The zero-order valence-corrected chi connectivity index (χ0v) is 14.3. The summed E-state index contributed by atoms with van der Waals surface area (Å²) in [4.78, 5) is 4.48. The Kier molecular flexibility index (Phi) is 4.18. The number of nitrogens with zero attached hydrogens (tertiary/aromatic N) is 3. The van der Waals surface area contributed by atoms with Crippen LogP contribution >= 0.6 is 0 Å². The Balaban J connectivity index is 2.36. The van der Waals surface area contributed by atoms with Crippen molar-refractivity contribution in [2.24, 2.45) is 0 Å². The number of fused-ring (bicyclic) bond motifs is 1. The molecule has 2 aromatic heterocycles. The van der Waals surface area contributed by atoms with Gasteiger partial charge in [0.15, 0.2) is 5.65 Å². The summed E-state index contributed by atoms with van der Waals surface area (Å²) >= 11 is 0. The average Bonchev–Trinajstić information content (AvgIpc) is 2.90. The van der Waals surface area contributed by atoms with Gasteiger partial charge < -0.3 is 4.74 Å². The molecule has 0 aliphatic heterocycles. The van der Waals surface area contributed by atoms with Crippen molar-refractivity contribution in [3.05, 3.63) is 41.6 Å². The van der Waals surface area contributed by atoms with Crippen LogP contribution in [0.2, 0.25) is 0 Å². The van der Waals surface area contributed by atoms with Crippen LogP contribution < -0.4 is 4.74 Å². The number of halogens is 3. The second kappa shape index (κ2) is 6.06. The van der Waals surface area contributed by atoms with E-state index in [1.807, 2.05) is 13.8 Å². The second-order valence-electron chi connectivity index (χ2n) is 6.11. The van der Waals surface area contributed by atoms with Gasteiger partial charge in [-0.2, -0.15) is 18.3 Å². The maximum atomic E-state index is 13.7. The summed E-state index contributed by atoms with van der Waals surface area (Å²) in [6.45, 7) is 5.29. The van der Waals surface area contributed by atoms with E-state index in [0.717, 1.165) is 6.07 Å². The largest absolute Gasteiger partial charge is 0.497 e. The molecule has 0 saturated carbocycles. The first-order valence-electron chi connectivity index (χ1n) is 7.84. The van der Waals surface area contributed by atoms with Crippen LogP contribution in [-0.2, 0) is 6.18 Å². The van der Waals surface area contributed by atoms with Crippen molar-refractivity contribution in [3.63, 3.8) is 0 Å². The molecule has 7 heteroatoms. The van der Waals surface area contributed by atoms with Crippen molar-refractivity contribution in [1.29, 1.82) is 0 Å². The number of ether oxygens (including phenoxy) is 1. The van der Waals surface area contributed by atoms with Crippen LogP contribution in [0.1, 0.15) is 31.1 Å². The van der Waals surface area contributed by atoms with Gasteiger partial charge in [0.25, 0.3) is 0 Å². The molecule has 0 unspecified atom stereocenters. The maximum absolute atomic E-state index is 13.7. The van der Waals surface area contributed by atoms with Crippen molar-refractivity contribution < 1.29 is 17.9 Å². The predicted octanol–water partition coefficient (Wildman–Crippen LogP) is 5.02. The summed E-state index contributed by atoms with van der Waals surface area (Å²) in [5.74, 6) is 0.557. The molecule has 0 N–H and O–H groups in total. The van der Waals surface area contributed by atoms with Crippen molar-refractivity contribution in [1.82, 2.24) is 14.8 Å². The number of methoxy groups -OCH3 is 1. The third kappa shape index (κ3) is 3.06. The molecule has 0 radical (unpaired) electrons. The zero-order valence-electron chi connectivity index (χ0n) is 14.3. The second-order valence-corrected chi connectivity index (χ2v) is 6.11. The number of aromatic nitrogens is 3. The highest BCUT2D eigenvalue weighted by molar-refractivity contribution is 5.86. The Bertz CT molecular complexity index is 929. The Hall–Kier alpha value is -2.57. The molecule has 2 heterocycles. The Labute approximate surface area is 143 Å². The van der Waals surface area contributed by atoms with Crippen molar-refractivity contribution in [2.45, 2.75) is 33.0 Å². The van der Waals surface area contributed by atoms with Crippen molar-refractivity contribution in [2.75, 3.05) is 7.11 Å². The van der Waals surface area contributed by atoms with Gasteiger partial charge in [0.05, 0.1) is 29.4 Å². The molecule has 0 saturated heterocycles. The number of benzene rings is 1. The minimum atomic E-state index is -4.50. The lowest BCUT2D eigenvalue weighted by Crippen LogP contribution is -2.09. The summed E-state index contributed by atoms with van der Waals surface area (Å²) in [5, 5.41) is 4.31. The molecule has 1 aromatic carbocycles. The highest BCUT2D eigenvalue weighted by Crippen LogP contribution is 2.38. The lowest BCUT2D eigenvalue weighted by atomic mass is 10.0. The normalized spacial score (nSPS) is 12.2. The fourth-order valence-corrected chi connectivity index (χ4v) is 2.83. The number of aryl methyl sites for hydroxylation is 1. The van der Waals surface area contributed by atoms with E-state index >= 15 is 0 Å². The van der Waals surface area contributed by atoms with Crippen molar-refractivity contribution in [3.8, 4) is 17.0 Å². The van der Waals surface area contributed by atoms with Gasteiger partial charge in [-0.15, -0.1) is 0 Å². The quantitative estimate of drug-likeness (QED) is 0.667. The third-order valence-corrected chi connectivity index (χ3v) is 4.00. The van der Waals surface area contributed by atoms with E-state index in [2.05, 4.69) is 10.1 Å². The lowest BCUT2D eigenvalue weighted by Gasteiger charge is -2.13. The zero-order chi connectivity index (χ0) is 18.4. The molecule has 0 amide bonds. The van der Waals surface area contributed by atoms with Crippen molar-refractivity contribution >= 4 is 11.0 Å². The van der Waals surface area contributed by atoms with Gasteiger partial charge in [0.1, 0.15) is 5.75 Å². The van der Waals surface area contributed by atoms with E-state index in [9.17, 15) is 13.2 Å². The van der Waals surface area contributed by atoms with Gasteiger partial charge >= 0.3 is 6.18 Å². The van der Waals surface area contributed by atoms with Gasteiger partial charge in [-0.1, -0.05) is 12.1 Å². The maximum Gasteiger partial charge on any atom is 0.417 e. The van der Waals surface area contributed by atoms with Gasteiger partial charge in [-0.3, -0.25) is 0 Å². The summed E-state index contributed by atoms with van der Waals surface area (Å²) in [5.41, 5.74) is 0.627. The molecule has 3 aromatic rings. The van der Waals surface area contributed by atoms with Crippen LogP contribution in [0.3, 0.4) is 0 Å². The molecule has 0 aliphatic rings. The molecule has 0 fully saturated rings. The molecule has 3 rings (SSSR count). The van der Waals surface area contributed by atoms with Crippen LogP contribution in [0.5, 0.6) is 5.75 Å². The van der Waals surface area contributed by atoms with Crippen LogP contribution in [0.25, 0.3) is 22.3 Å². The standard InChI is InChI=1S/C18H18F3N3O/c1-10(2)24-17-16(11(3)23-24)14(18(19,20)21)9-15(22-17)12-6-5-7-13(8-12)25-4/h5-10H,1-4H3. The number of alkyl halides is 3. The number of hydrogen-bond donors (Lipinski definition) is 0. The summed E-state index contributed by atoms with van der Waals surface area (Å²) in [7, 11) is 1.51. The van der Waals surface area contributed by atoms with Gasteiger partial charge in [0, 0.05) is 11.6 Å². The van der Waals surface area contributed by atoms with Crippen LogP contribution in [0, 0.1) is 6.92 Å². The molecule has 132 valence electrons. The molecule has 0 atom stereocenters. The van der Waals surface area contributed by atoms with Crippen LogP contribution in [-0.4, -0.2) is 21.9 Å². The fourth-order valence-electron chi connectivity index (χ4n) is 2.83. The summed E-state index contributed by atoms with van der Waals surface area (Å²) in [6.07, 6.45) is -4.50. The van der Waals surface area contributed by atoms with E-state index in [1.165, 1.54) is 11.8 Å². The number of rotatable bonds is 3. The topological polar surface area (TPSA) is 39.9 Å². The van der Waals surface area contributed by atoms with E-state index in [4.69, 9.17) is 4.74 Å². The first kappa shape index (κ1) is 17.3. The van der Waals surface area contributed by atoms with E-state index < -0.39 is 11.7 Å². The Morgan fingerprint density at radius 1 is 1.16 bits per heavy atom. The highest BCUT2D eigenvalue weighted by Gasteiger charge is 2.35. The molecule has 0 aliphatic carbocycles. The van der Waals surface area contributed by atoms with Gasteiger partial charge in [-0.05, 0) is 39.0 Å². The minimum absolute atomic E-state index is 0.0489. The average molecular weight is 349 g/mol. The molecule has 0 spiro atoms. The SMILES string of the molecule is COc1cccc(-c2cc(C(F)(F)F)c3c(C)nn(C(C)C)c3n2)c1. The van der Waals surface area contributed by atoms with Gasteiger partial charge in [0.2, 0.25) is 0 Å². The van der Waals surface area contributed by atoms with Crippen LogP contribution in [0.4, 0.5) is 13.2 Å². The number of hydrogen-bond acceptors (Lipinski definition) is 3. The lowest BCUT2D eigenvalue weighted by molar-refractivity contribution is -0.136. The first-order valence-corrected chi connectivity index (χ1v) is 7.84. The molecular formula is C18H18F3N3O. The fraction of sp³-hybridized carbons (Fsp3) is 0.333. The predicted molar refractivity (Wildman–Crippen MR) is 89.6 cm³/mol. The minimum Gasteiger partial charge on any atom is -0.497 e. The van der Waals surface area contributed by atoms with Crippen LogP contribution in [0.15, 0.2) is 30.3 Å². The summed E-state index contributed by atoms with van der Waals surface area (Å²) < 4.78 is 47.7. The first-order chi connectivity index (χ1) is 11.7. The molecule has 0 bridgehead atoms. The monoisotopic (exact) mass is 349 g/mol. The van der Waals surface area contributed by atoms with E-state index in [-0.39, 0.29) is 22.8 Å². The smallest absolute Gasteiger partial charge is 0.417 e. The highest BCUT2D eigenvalue weighted by atomic mass is 19.4. The third-order valence-electron chi connectivity index (χ3n) is 4.00.